The Morgan fingerprint density at radius 1 is 1.00 bits per heavy atom. The molecule has 0 bridgehead atoms. The molecule has 154 valence electrons. The Bertz CT molecular complexity index is 810. The fourth-order valence-corrected chi connectivity index (χ4v) is 4.28. The van der Waals surface area contributed by atoms with Crippen molar-refractivity contribution in [2.24, 2.45) is 5.92 Å². The van der Waals surface area contributed by atoms with Crippen molar-refractivity contribution in [1.29, 1.82) is 0 Å². The van der Waals surface area contributed by atoms with E-state index in [2.05, 4.69) is 10.2 Å². The second kappa shape index (κ2) is 9.40. The molecule has 4 rings (SSSR count). The van der Waals surface area contributed by atoms with Gasteiger partial charge < -0.3 is 10.1 Å². The predicted octanol–water partition coefficient (Wildman–Crippen LogP) is 5.00. The molecule has 1 saturated heterocycles. The summed E-state index contributed by atoms with van der Waals surface area (Å²) in [5.41, 5.74) is 1.53. The van der Waals surface area contributed by atoms with Crippen molar-refractivity contribution in [3.63, 3.8) is 0 Å². The van der Waals surface area contributed by atoms with Crippen LogP contribution >= 0.6 is 0 Å². The predicted molar refractivity (Wildman–Crippen MR) is 112 cm³/mol. The summed E-state index contributed by atoms with van der Waals surface area (Å²) in [6, 6.07) is 14.6. The summed E-state index contributed by atoms with van der Waals surface area (Å²) in [4.78, 5) is 14.8. The molecule has 1 aliphatic heterocycles. The average Bonchev–Trinajstić information content (AvgIpc) is 3.25. The van der Waals surface area contributed by atoms with E-state index in [-0.39, 0.29) is 17.6 Å². The SMILES string of the molecule is O=C(Nc1ccc(OC2CCCC2)cc1)C1CCN(Cc2ccccc2F)CC1. The summed E-state index contributed by atoms with van der Waals surface area (Å²) in [5, 5.41) is 3.03. The highest BCUT2D eigenvalue weighted by Gasteiger charge is 2.25. The molecule has 1 amide bonds. The Labute approximate surface area is 172 Å². The zero-order chi connectivity index (χ0) is 20.1. The van der Waals surface area contributed by atoms with Gasteiger partial charge in [-0.05, 0) is 81.9 Å². The summed E-state index contributed by atoms with van der Waals surface area (Å²) in [6.07, 6.45) is 6.69. The number of carbonyl (C=O) groups is 1. The maximum Gasteiger partial charge on any atom is 0.227 e. The smallest absolute Gasteiger partial charge is 0.227 e. The fraction of sp³-hybridized carbons (Fsp3) is 0.458. The Morgan fingerprint density at radius 3 is 2.38 bits per heavy atom. The molecule has 0 aromatic heterocycles. The lowest BCUT2D eigenvalue weighted by molar-refractivity contribution is -0.121. The number of hydrogen-bond acceptors (Lipinski definition) is 3. The van der Waals surface area contributed by atoms with E-state index in [9.17, 15) is 9.18 Å². The molecule has 5 heteroatoms. The van der Waals surface area contributed by atoms with Gasteiger partial charge in [0.2, 0.25) is 5.91 Å². The highest BCUT2D eigenvalue weighted by molar-refractivity contribution is 5.92. The second-order valence-electron chi connectivity index (χ2n) is 8.18. The van der Waals surface area contributed by atoms with E-state index in [1.165, 1.54) is 18.9 Å². The van der Waals surface area contributed by atoms with E-state index in [1.54, 1.807) is 6.07 Å². The molecule has 0 spiro atoms. The van der Waals surface area contributed by atoms with Gasteiger partial charge >= 0.3 is 0 Å². The number of piperidine rings is 1. The van der Waals surface area contributed by atoms with Crippen molar-refractivity contribution >= 4 is 11.6 Å². The molecular formula is C24H29FN2O2. The van der Waals surface area contributed by atoms with Gasteiger partial charge in [-0.25, -0.2) is 4.39 Å². The van der Waals surface area contributed by atoms with E-state index in [0.717, 1.165) is 55.8 Å². The third-order valence-electron chi connectivity index (χ3n) is 6.04. The van der Waals surface area contributed by atoms with Gasteiger partial charge in [-0.3, -0.25) is 9.69 Å². The first-order chi connectivity index (χ1) is 14.2. The van der Waals surface area contributed by atoms with E-state index in [1.807, 2.05) is 36.4 Å². The molecule has 0 radical (unpaired) electrons. The summed E-state index contributed by atoms with van der Waals surface area (Å²) < 4.78 is 19.8. The minimum Gasteiger partial charge on any atom is -0.490 e. The molecule has 2 fully saturated rings. The summed E-state index contributed by atoms with van der Waals surface area (Å²) in [7, 11) is 0. The van der Waals surface area contributed by atoms with Crippen molar-refractivity contribution in [3.8, 4) is 5.75 Å². The van der Waals surface area contributed by atoms with Crippen molar-refractivity contribution in [2.45, 2.75) is 51.2 Å². The Kier molecular flexibility index (Phi) is 6.45. The molecule has 1 aliphatic carbocycles. The highest BCUT2D eigenvalue weighted by atomic mass is 19.1. The quantitative estimate of drug-likeness (QED) is 0.747. The minimum absolute atomic E-state index is 0.00119. The van der Waals surface area contributed by atoms with E-state index < -0.39 is 0 Å². The molecule has 2 aliphatic rings. The largest absolute Gasteiger partial charge is 0.490 e. The number of amides is 1. The van der Waals surface area contributed by atoms with E-state index in [0.29, 0.717) is 12.6 Å². The van der Waals surface area contributed by atoms with Gasteiger partial charge in [0.1, 0.15) is 11.6 Å². The third kappa shape index (κ3) is 5.36. The first-order valence-electron chi connectivity index (χ1n) is 10.7. The molecule has 0 atom stereocenters. The number of anilines is 1. The number of nitrogens with zero attached hydrogens (tertiary/aromatic N) is 1. The number of rotatable bonds is 6. The molecule has 29 heavy (non-hydrogen) atoms. The highest BCUT2D eigenvalue weighted by Crippen LogP contribution is 2.26. The lowest BCUT2D eigenvalue weighted by Gasteiger charge is -2.31. The van der Waals surface area contributed by atoms with Crippen molar-refractivity contribution < 1.29 is 13.9 Å². The minimum atomic E-state index is -0.160. The summed E-state index contributed by atoms with van der Waals surface area (Å²) >= 11 is 0. The fourth-order valence-electron chi connectivity index (χ4n) is 4.28. The zero-order valence-electron chi connectivity index (χ0n) is 16.8. The molecule has 2 aromatic rings. The van der Waals surface area contributed by atoms with Crippen molar-refractivity contribution in [1.82, 2.24) is 4.90 Å². The number of nitrogens with one attached hydrogen (secondary N) is 1. The van der Waals surface area contributed by atoms with Gasteiger partial charge in [0, 0.05) is 23.7 Å². The van der Waals surface area contributed by atoms with Gasteiger partial charge in [0.05, 0.1) is 6.10 Å². The van der Waals surface area contributed by atoms with Crippen LogP contribution in [-0.2, 0) is 11.3 Å². The molecule has 2 aromatic carbocycles. The van der Waals surface area contributed by atoms with Gasteiger partial charge in [0.15, 0.2) is 0 Å². The van der Waals surface area contributed by atoms with Crippen LogP contribution in [0.25, 0.3) is 0 Å². The molecule has 1 heterocycles. The topological polar surface area (TPSA) is 41.6 Å². The van der Waals surface area contributed by atoms with Gasteiger partial charge in [0.25, 0.3) is 0 Å². The molecule has 4 nitrogen and oxygen atoms in total. The summed E-state index contributed by atoms with van der Waals surface area (Å²) in [6.45, 7) is 2.21. The van der Waals surface area contributed by atoms with Crippen LogP contribution in [-0.4, -0.2) is 30.0 Å². The van der Waals surface area contributed by atoms with Crippen LogP contribution in [0.5, 0.6) is 5.75 Å². The normalized spacial score (nSPS) is 18.7. The van der Waals surface area contributed by atoms with Crippen molar-refractivity contribution in [3.05, 3.63) is 59.9 Å². The maximum atomic E-state index is 13.8. The lowest BCUT2D eigenvalue weighted by Crippen LogP contribution is -2.37. The van der Waals surface area contributed by atoms with Crippen LogP contribution in [0.3, 0.4) is 0 Å². The number of hydrogen-bond donors (Lipinski definition) is 1. The Hall–Kier alpha value is -2.40. The Morgan fingerprint density at radius 2 is 1.69 bits per heavy atom. The second-order valence-corrected chi connectivity index (χ2v) is 8.18. The zero-order valence-corrected chi connectivity index (χ0v) is 16.8. The van der Waals surface area contributed by atoms with Crippen LogP contribution in [0.2, 0.25) is 0 Å². The van der Waals surface area contributed by atoms with Crippen LogP contribution in [0.15, 0.2) is 48.5 Å². The van der Waals surface area contributed by atoms with Gasteiger partial charge in [-0.1, -0.05) is 18.2 Å². The van der Waals surface area contributed by atoms with Gasteiger partial charge in [-0.15, -0.1) is 0 Å². The lowest BCUT2D eigenvalue weighted by atomic mass is 9.95. The number of ether oxygens (including phenoxy) is 1. The summed E-state index contributed by atoms with van der Waals surface area (Å²) in [5.74, 6) is 0.783. The molecule has 0 unspecified atom stereocenters. The monoisotopic (exact) mass is 396 g/mol. The van der Waals surface area contributed by atoms with Crippen LogP contribution in [0.1, 0.15) is 44.1 Å². The first-order valence-corrected chi connectivity index (χ1v) is 10.7. The van der Waals surface area contributed by atoms with E-state index >= 15 is 0 Å². The van der Waals surface area contributed by atoms with Gasteiger partial charge in [-0.2, -0.15) is 0 Å². The maximum absolute atomic E-state index is 13.8. The number of likely N-dealkylation sites (tertiary alicyclic amines) is 1. The average molecular weight is 397 g/mol. The van der Waals surface area contributed by atoms with Crippen LogP contribution in [0, 0.1) is 11.7 Å². The number of benzene rings is 2. The van der Waals surface area contributed by atoms with Crippen LogP contribution in [0.4, 0.5) is 10.1 Å². The number of carbonyl (C=O) groups excluding carboxylic acids is 1. The third-order valence-corrected chi connectivity index (χ3v) is 6.04. The number of halogens is 1. The first kappa shape index (κ1) is 19.9. The molecular weight excluding hydrogens is 367 g/mol. The molecule has 1 saturated carbocycles. The molecule has 1 N–H and O–H groups in total. The van der Waals surface area contributed by atoms with E-state index in [4.69, 9.17) is 4.74 Å². The Balaban J connectivity index is 1.24. The van der Waals surface area contributed by atoms with Crippen LogP contribution < -0.4 is 10.1 Å². The van der Waals surface area contributed by atoms with Crippen molar-refractivity contribution in [2.75, 3.05) is 18.4 Å². The standard InChI is InChI=1S/C24H29FN2O2/c25-23-8-4-1-5-19(23)17-27-15-13-18(14-16-27)24(28)26-20-9-11-22(12-10-20)29-21-6-2-3-7-21/h1,4-5,8-12,18,21H,2-3,6-7,13-17H2,(H,26,28).